The van der Waals surface area contributed by atoms with Crippen LogP contribution in [0.1, 0.15) is 56.1 Å². The van der Waals surface area contributed by atoms with Crippen LogP contribution in [0.3, 0.4) is 0 Å². The summed E-state index contributed by atoms with van der Waals surface area (Å²) in [5.74, 6) is -2.46. The second kappa shape index (κ2) is 15.7. The van der Waals surface area contributed by atoms with Crippen LogP contribution in [-0.4, -0.2) is 38.0 Å². The highest BCUT2D eigenvalue weighted by Gasteiger charge is 2.21. The van der Waals surface area contributed by atoms with Gasteiger partial charge in [0.1, 0.15) is 5.75 Å². The molecule has 6 aromatic rings. The summed E-state index contributed by atoms with van der Waals surface area (Å²) in [6.45, 7) is 3.72. The summed E-state index contributed by atoms with van der Waals surface area (Å²) in [6.07, 6.45) is 0.341. The molecule has 3 aromatic heterocycles. The highest BCUT2D eigenvalue weighted by molar-refractivity contribution is 9.11. The van der Waals surface area contributed by atoms with E-state index in [-0.39, 0.29) is 31.4 Å². The molecule has 0 saturated heterocycles. The Morgan fingerprint density at radius 1 is 0.736 bits per heavy atom. The van der Waals surface area contributed by atoms with Gasteiger partial charge < -0.3 is 30.4 Å². The molecular formula is C40H34BrClN4O6S. The Bertz CT molecular complexity index is 2410. The number of halogens is 2. The van der Waals surface area contributed by atoms with Gasteiger partial charge in [-0.15, -0.1) is 11.3 Å². The predicted octanol–water partition coefficient (Wildman–Crippen LogP) is 8.23. The van der Waals surface area contributed by atoms with Crippen molar-refractivity contribution in [1.29, 1.82) is 0 Å². The van der Waals surface area contributed by atoms with Crippen LogP contribution in [-0.2, 0) is 27.2 Å². The standard InChI is InChI=1S/C40H34BrClN4O6S/c1-22-17-24(39(43)50)3-11-31(22)45-28(6-13-33(45)26-19-36(41)53-21-26)8-15-37(48)52-38(49)16-9-29-7-14-34(30-10-5-27(42)20-35(30)47)46(29)32-12-4-25(40(44)51)18-23(32)2/h3-7,10-14,17-21,47H,8-9,15-16H2,1-2H3,(H2,43,50)(H2,44,51). The Morgan fingerprint density at radius 2 is 1.26 bits per heavy atom. The third-order valence-electron chi connectivity index (χ3n) is 8.86. The number of aryl methyl sites for hydroxylation is 4. The van der Waals surface area contributed by atoms with Crippen molar-refractivity contribution in [1.82, 2.24) is 9.13 Å². The number of carbonyl (C=O) groups excluding carboxylic acids is 4. The van der Waals surface area contributed by atoms with E-state index in [4.69, 9.17) is 27.8 Å². The molecule has 0 unspecified atom stereocenters. The number of nitrogens with zero attached hydrogens (tertiary/aromatic N) is 2. The third-order valence-corrected chi connectivity index (χ3v) is 10.6. The molecule has 2 amide bonds. The summed E-state index contributed by atoms with van der Waals surface area (Å²) in [5.41, 5.74) is 19.4. The third kappa shape index (κ3) is 8.15. The monoisotopic (exact) mass is 812 g/mol. The zero-order valence-corrected chi connectivity index (χ0v) is 31.8. The largest absolute Gasteiger partial charge is 0.507 e. The lowest BCUT2D eigenvalue weighted by Crippen LogP contribution is -2.15. The summed E-state index contributed by atoms with van der Waals surface area (Å²) in [5, 5.41) is 13.2. The molecule has 0 radical (unpaired) electrons. The minimum absolute atomic E-state index is 0.0286. The van der Waals surface area contributed by atoms with Crippen LogP contribution >= 0.6 is 38.9 Å². The Labute approximate surface area is 322 Å². The van der Waals surface area contributed by atoms with Crippen molar-refractivity contribution in [2.45, 2.75) is 39.5 Å². The summed E-state index contributed by atoms with van der Waals surface area (Å²) >= 11 is 11.2. The summed E-state index contributed by atoms with van der Waals surface area (Å²) in [6, 6.07) is 24.6. The van der Waals surface area contributed by atoms with Gasteiger partial charge in [-0.1, -0.05) is 11.6 Å². The molecule has 0 aliphatic rings. The lowest BCUT2D eigenvalue weighted by atomic mass is 10.1. The zero-order valence-electron chi connectivity index (χ0n) is 28.7. The van der Waals surface area contributed by atoms with E-state index >= 15 is 0 Å². The first-order valence-electron chi connectivity index (χ1n) is 16.5. The molecule has 270 valence electrons. The van der Waals surface area contributed by atoms with Gasteiger partial charge in [-0.05, 0) is 139 Å². The van der Waals surface area contributed by atoms with Crippen LogP contribution in [0.5, 0.6) is 5.75 Å². The van der Waals surface area contributed by atoms with Crippen molar-refractivity contribution in [3.8, 4) is 39.6 Å². The molecule has 10 nitrogen and oxygen atoms in total. The number of hydrogen-bond acceptors (Lipinski definition) is 7. The minimum Gasteiger partial charge on any atom is -0.507 e. The molecule has 0 spiro atoms. The van der Waals surface area contributed by atoms with Gasteiger partial charge in [0.05, 0.1) is 28.0 Å². The Balaban J connectivity index is 1.19. The highest BCUT2D eigenvalue weighted by atomic mass is 79.9. The van der Waals surface area contributed by atoms with Crippen LogP contribution in [0, 0.1) is 13.8 Å². The number of aromatic nitrogens is 2. The maximum atomic E-state index is 13.0. The number of ether oxygens (including phenoxy) is 1. The summed E-state index contributed by atoms with van der Waals surface area (Å²) in [4.78, 5) is 49.7. The number of nitrogens with two attached hydrogens (primary N) is 2. The average molecular weight is 814 g/mol. The number of carbonyl (C=O) groups is 4. The number of rotatable bonds is 12. The molecule has 0 fully saturated rings. The number of benzene rings is 3. The average Bonchev–Trinajstić information content (AvgIpc) is 3.84. The zero-order chi connectivity index (χ0) is 38.0. The van der Waals surface area contributed by atoms with E-state index < -0.39 is 23.8 Å². The van der Waals surface area contributed by atoms with Crippen molar-refractivity contribution < 1.29 is 29.0 Å². The molecule has 53 heavy (non-hydrogen) atoms. The van der Waals surface area contributed by atoms with Crippen molar-refractivity contribution in [3.05, 3.63) is 133 Å². The molecule has 0 bridgehead atoms. The first-order valence-corrected chi connectivity index (χ1v) is 18.6. The lowest BCUT2D eigenvalue weighted by molar-refractivity contribution is -0.159. The first kappa shape index (κ1) is 37.3. The topological polar surface area (TPSA) is 160 Å². The number of aromatic hydroxyl groups is 1. The Hall–Kier alpha value is -5.43. The fourth-order valence-electron chi connectivity index (χ4n) is 6.33. The van der Waals surface area contributed by atoms with E-state index in [9.17, 15) is 24.3 Å². The number of hydrogen-bond donors (Lipinski definition) is 3. The molecule has 13 heteroatoms. The highest BCUT2D eigenvalue weighted by Crippen LogP contribution is 2.37. The van der Waals surface area contributed by atoms with Gasteiger partial charge in [0, 0.05) is 55.4 Å². The predicted molar refractivity (Wildman–Crippen MR) is 209 cm³/mol. The van der Waals surface area contributed by atoms with Crippen LogP contribution in [0.2, 0.25) is 5.02 Å². The van der Waals surface area contributed by atoms with Crippen LogP contribution < -0.4 is 11.5 Å². The lowest BCUT2D eigenvalue weighted by Gasteiger charge is -2.17. The quantitative estimate of drug-likeness (QED) is 0.0834. The normalized spacial score (nSPS) is 11.1. The Kier molecular flexibility index (Phi) is 11.0. The van der Waals surface area contributed by atoms with E-state index in [2.05, 4.69) is 15.9 Å². The maximum absolute atomic E-state index is 13.0. The summed E-state index contributed by atoms with van der Waals surface area (Å²) < 4.78 is 10.2. The van der Waals surface area contributed by atoms with E-state index in [1.807, 2.05) is 64.8 Å². The smallest absolute Gasteiger partial charge is 0.313 e. The van der Waals surface area contributed by atoms with Gasteiger partial charge in [0.15, 0.2) is 0 Å². The number of amides is 2. The van der Waals surface area contributed by atoms with Crippen LogP contribution in [0.25, 0.3) is 33.9 Å². The molecule has 3 aromatic carbocycles. The first-order chi connectivity index (χ1) is 25.3. The van der Waals surface area contributed by atoms with Gasteiger partial charge in [0.25, 0.3) is 0 Å². The molecule has 0 aliphatic carbocycles. The number of thiophene rings is 1. The molecule has 3 heterocycles. The van der Waals surface area contributed by atoms with E-state index in [0.29, 0.717) is 38.8 Å². The molecule has 0 aliphatic heterocycles. The van der Waals surface area contributed by atoms with E-state index in [1.54, 1.807) is 53.8 Å². The van der Waals surface area contributed by atoms with Crippen LogP contribution in [0.4, 0.5) is 0 Å². The second-order valence-corrected chi connectivity index (χ2v) is 15.2. The van der Waals surface area contributed by atoms with Crippen molar-refractivity contribution in [2.75, 3.05) is 0 Å². The van der Waals surface area contributed by atoms with Gasteiger partial charge >= 0.3 is 11.9 Å². The summed E-state index contributed by atoms with van der Waals surface area (Å²) in [7, 11) is 0. The molecule has 5 N–H and O–H groups in total. The number of primary amides is 2. The van der Waals surface area contributed by atoms with Gasteiger partial charge in [-0.25, -0.2) is 0 Å². The number of phenolic OH excluding ortho intramolecular Hbond substituents is 1. The molecule has 0 atom stereocenters. The van der Waals surface area contributed by atoms with E-state index in [0.717, 1.165) is 37.6 Å². The SMILES string of the molecule is Cc1cc(C(N)=O)ccc1-n1c(CCC(=O)OC(=O)CCc2ccc(-c3ccc(Cl)cc3O)n2-c2ccc(C(N)=O)cc2C)ccc1-c1csc(Br)c1. The van der Waals surface area contributed by atoms with Crippen molar-refractivity contribution in [3.63, 3.8) is 0 Å². The Morgan fingerprint density at radius 3 is 1.74 bits per heavy atom. The van der Waals surface area contributed by atoms with Crippen LogP contribution in [0.15, 0.2) is 94.1 Å². The molecule has 0 saturated carbocycles. The van der Waals surface area contributed by atoms with Gasteiger partial charge in [-0.3, -0.25) is 19.2 Å². The second-order valence-electron chi connectivity index (χ2n) is 12.5. The van der Waals surface area contributed by atoms with Gasteiger partial charge in [0.2, 0.25) is 11.8 Å². The molecular weight excluding hydrogens is 780 g/mol. The number of phenols is 1. The fraction of sp³-hybridized carbons (Fsp3) is 0.150. The van der Waals surface area contributed by atoms with E-state index in [1.165, 1.54) is 6.07 Å². The van der Waals surface area contributed by atoms with Gasteiger partial charge in [-0.2, -0.15) is 0 Å². The van der Waals surface area contributed by atoms with Crippen molar-refractivity contribution >= 4 is 62.6 Å². The number of esters is 2. The fourth-order valence-corrected chi connectivity index (χ4v) is 7.64. The molecule has 6 rings (SSSR count). The van der Waals surface area contributed by atoms with Crippen molar-refractivity contribution in [2.24, 2.45) is 11.5 Å². The maximum Gasteiger partial charge on any atom is 0.313 e. The minimum atomic E-state index is -0.684.